The van der Waals surface area contributed by atoms with Gasteiger partial charge < -0.3 is 10.6 Å². The highest BCUT2D eigenvalue weighted by atomic mass is 32.1. The number of carbonyl (C=O) groups excluding carboxylic acids is 2. The minimum atomic E-state index is -4.55. The van der Waals surface area contributed by atoms with E-state index in [-0.39, 0.29) is 23.5 Å². The fourth-order valence-electron chi connectivity index (χ4n) is 3.37. The molecule has 0 saturated heterocycles. The van der Waals surface area contributed by atoms with Crippen LogP contribution < -0.4 is 16.2 Å². The molecule has 3 aromatic heterocycles. The third-order valence-corrected chi connectivity index (χ3v) is 6.27. The first-order valence-electron chi connectivity index (χ1n) is 10.3. The lowest BCUT2D eigenvalue weighted by Crippen LogP contribution is -2.28. The van der Waals surface area contributed by atoms with Crippen molar-refractivity contribution >= 4 is 39.1 Å². The number of fused-ring (bicyclic) bond motifs is 1. The van der Waals surface area contributed by atoms with Crippen molar-refractivity contribution in [1.29, 1.82) is 0 Å². The standard InChI is InChI=1S/C23H18F3N5O3S/c1-13-18-21(35-19(13)20(33)28-10-16-6-2-3-8-27-16)29-12-31(22(18)34)11-17(32)30-15-7-4-5-14(9-15)23(24,25)26/h2-9,12H,10-11H2,1H3,(H,28,33)(H,30,32). The average Bonchev–Trinajstić information content (AvgIpc) is 3.16. The summed E-state index contributed by atoms with van der Waals surface area (Å²) in [6.07, 6.45) is -1.77. The Morgan fingerprint density at radius 3 is 2.63 bits per heavy atom. The molecule has 3 heterocycles. The molecule has 0 bridgehead atoms. The number of hydrogen-bond donors (Lipinski definition) is 2. The van der Waals surface area contributed by atoms with Gasteiger partial charge in [-0.15, -0.1) is 11.3 Å². The van der Waals surface area contributed by atoms with Crippen LogP contribution >= 0.6 is 11.3 Å². The first kappa shape index (κ1) is 24.1. The molecule has 2 amide bonds. The van der Waals surface area contributed by atoms with Crippen molar-refractivity contribution < 1.29 is 22.8 Å². The number of hydrogen-bond acceptors (Lipinski definition) is 6. The minimum Gasteiger partial charge on any atom is -0.346 e. The molecule has 12 heteroatoms. The number of carbonyl (C=O) groups is 2. The molecule has 0 unspecified atom stereocenters. The summed E-state index contributed by atoms with van der Waals surface area (Å²) >= 11 is 1.05. The van der Waals surface area contributed by atoms with Gasteiger partial charge >= 0.3 is 6.18 Å². The van der Waals surface area contributed by atoms with Crippen LogP contribution in [0.1, 0.15) is 26.5 Å². The van der Waals surface area contributed by atoms with Crippen LogP contribution in [0.15, 0.2) is 59.8 Å². The zero-order valence-corrected chi connectivity index (χ0v) is 19.0. The molecule has 0 aliphatic rings. The van der Waals surface area contributed by atoms with Gasteiger partial charge in [-0.3, -0.25) is 23.9 Å². The maximum Gasteiger partial charge on any atom is 0.416 e. The van der Waals surface area contributed by atoms with E-state index in [1.165, 1.54) is 18.5 Å². The van der Waals surface area contributed by atoms with Gasteiger partial charge in [-0.05, 0) is 42.8 Å². The molecule has 0 aliphatic heterocycles. The second-order valence-electron chi connectivity index (χ2n) is 7.54. The molecule has 0 fully saturated rings. The van der Waals surface area contributed by atoms with Gasteiger partial charge in [0.2, 0.25) is 5.91 Å². The van der Waals surface area contributed by atoms with Crippen LogP contribution in [0.3, 0.4) is 0 Å². The van der Waals surface area contributed by atoms with E-state index in [2.05, 4.69) is 20.6 Å². The van der Waals surface area contributed by atoms with E-state index >= 15 is 0 Å². The molecule has 35 heavy (non-hydrogen) atoms. The molecule has 1 aromatic carbocycles. The molecule has 0 atom stereocenters. The molecule has 4 rings (SSSR count). The van der Waals surface area contributed by atoms with Crippen molar-refractivity contribution in [3.8, 4) is 0 Å². The normalized spacial score (nSPS) is 11.4. The maximum atomic E-state index is 13.0. The molecular weight excluding hydrogens is 483 g/mol. The summed E-state index contributed by atoms with van der Waals surface area (Å²) in [6.45, 7) is 1.36. The van der Waals surface area contributed by atoms with E-state index in [0.29, 0.717) is 21.0 Å². The molecule has 0 spiro atoms. The van der Waals surface area contributed by atoms with Crippen molar-refractivity contribution in [2.24, 2.45) is 0 Å². The number of halogens is 3. The third-order valence-electron chi connectivity index (χ3n) is 5.07. The van der Waals surface area contributed by atoms with Crippen LogP contribution in [0.2, 0.25) is 0 Å². The Morgan fingerprint density at radius 1 is 1.11 bits per heavy atom. The van der Waals surface area contributed by atoms with Crippen molar-refractivity contribution in [1.82, 2.24) is 19.9 Å². The molecule has 0 aliphatic carbocycles. The number of aromatic nitrogens is 3. The summed E-state index contributed by atoms with van der Waals surface area (Å²) in [5, 5.41) is 5.31. The number of alkyl halides is 3. The third kappa shape index (κ3) is 5.38. The topological polar surface area (TPSA) is 106 Å². The van der Waals surface area contributed by atoms with E-state index in [9.17, 15) is 27.6 Å². The number of aryl methyl sites for hydroxylation is 1. The Bertz CT molecular complexity index is 1470. The van der Waals surface area contributed by atoms with E-state index in [1.54, 1.807) is 31.3 Å². The average molecular weight is 501 g/mol. The van der Waals surface area contributed by atoms with Gasteiger partial charge in [0.1, 0.15) is 11.4 Å². The highest BCUT2D eigenvalue weighted by Gasteiger charge is 2.30. The summed E-state index contributed by atoms with van der Waals surface area (Å²) < 4.78 is 39.7. The highest BCUT2D eigenvalue weighted by Crippen LogP contribution is 2.30. The highest BCUT2D eigenvalue weighted by molar-refractivity contribution is 7.20. The SMILES string of the molecule is Cc1c(C(=O)NCc2ccccn2)sc2ncn(CC(=O)Nc3cccc(C(F)(F)F)c3)c(=O)c12. The quantitative estimate of drug-likeness (QED) is 0.419. The Labute approximate surface area is 200 Å². The molecule has 8 nitrogen and oxygen atoms in total. The van der Waals surface area contributed by atoms with Crippen LogP contribution in [-0.2, 0) is 24.1 Å². The summed E-state index contributed by atoms with van der Waals surface area (Å²) in [7, 11) is 0. The fourth-order valence-corrected chi connectivity index (χ4v) is 4.43. The van der Waals surface area contributed by atoms with Gasteiger partial charge in [-0.1, -0.05) is 12.1 Å². The van der Waals surface area contributed by atoms with E-state index in [1.807, 2.05) is 0 Å². The molecule has 4 aromatic rings. The zero-order valence-electron chi connectivity index (χ0n) is 18.2. The van der Waals surface area contributed by atoms with Crippen molar-refractivity contribution in [3.63, 3.8) is 0 Å². The van der Waals surface area contributed by atoms with Crippen LogP contribution in [0.5, 0.6) is 0 Å². The minimum absolute atomic E-state index is 0.0505. The van der Waals surface area contributed by atoms with Gasteiger partial charge in [0.15, 0.2) is 0 Å². The zero-order chi connectivity index (χ0) is 25.2. The summed E-state index contributed by atoms with van der Waals surface area (Å²) in [6, 6.07) is 9.52. The predicted octanol–water partition coefficient (Wildman–Crippen LogP) is 3.75. The van der Waals surface area contributed by atoms with E-state index < -0.39 is 29.8 Å². The summed E-state index contributed by atoms with van der Waals surface area (Å²) in [5.74, 6) is -1.09. The van der Waals surface area contributed by atoms with Gasteiger partial charge in [0.05, 0.1) is 34.4 Å². The van der Waals surface area contributed by atoms with Gasteiger partial charge in [-0.25, -0.2) is 4.98 Å². The monoisotopic (exact) mass is 501 g/mol. The first-order chi connectivity index (χ1) is 16.6. The molecule has 0 saturated carbocycles. The molecule has 2 N–H and O–H groups in total. The largest absolute Gasteiger partial charge is 0.416 e. The number of pyridine rings is 1. The Hall–Kier alpha value is -4.06. The smallest absolute Gasteiger partial charge is 0.346 e. The lowest BCUT2D eigenvalue weighted by Gasteiger charge is -2.10. The molecular formula is C23H18F3N5O3S. The lowest BCUT2D eigenvalue weighted by molar-refractivity contribution is -0.137. The fraction of sp³-hybridized carbons (Fsp3) is 0.174. The van der Waals surface area contributed by atoms with Crippen LogP contribution in [0.4, 0.5) is 18.9 Å². The lowest BCUT2D eigenvalue weighted by atomic mass is 10.2. The Balaban J connectivity index is 1.51. The van der Waals surface area contributed by atoms with Crippen LogP contribution in [0, 0.1) is 6.92 Å². The van der Waals surface area contributed by atoms with Crippen molar-refractivity contribution in [3.05, 3.63) is 87.0 Å². The Morgan fingerprint density at radius 2 is 1.91 bits per heavy atom. The van der Waals surface area contributed by atoms with Gasteiger partial charge in [0.25, 0.3) is 11.5 Å². The second kappa shape index (κ2) is 9.66. The van der Waals surface area contributed by atoms with Crippen LogP contribution in [0.25, 0.3) is 10.2 Å². The number of benzene rings is 1. The first-order valence-corrected chi connectivity index (χ1v) is 11.1. The Kier molecular flexibility index (Phi) is 6.65. The predicted molar refractivity (Wildman–Crippen MR) is 124 cm³/mol. The van der Waals surface area contributed by atoms with Gasteiger partial charge in [0, 0.05) is 11.9 Å². The van der Waals surface area contributed by atoms with E-state index in [4.69, 9.17) is 0 Å². The number of nitrogens with zero attached hydrogens (tertiary/aromatic N) is 3. The van der Waals surface area contributed by atoms with Crippen molar-refractivity contribution in [2.75, 3.05) is 5.32 Å². The molecule has 180 valence electrons. The second-order valence-corrected chi connectivity index (χ2v) is 8.54. The van der Waals surface area contributed by atoms with Gasteiger partial charge in [-0.2, -0.15) is 13.2 Å². The number of thiophene rings is 1. The number of nitrogens with one attached hydrogen (secondary N) is 2. The van der Waals surface area contributed by atoms with E-state index in [0.717, 1.165) is 28.0 Å². The van der Waals surface area contributed by atoms with Crippen molar-refractivity contribution in [2.45, 2.75) is 26.2 Å². The summed E-state index contributed by atoms with van der Waals surface area (Å²) in [4.78, 5) is 47.1. The number of anilines is 1. The number of amides is 2. The van der Waals surface area contributed by atoms with Crippen LogP contribution in [-0.4, -0.2) is 26.3 Å². The number of rotatable bonds is 6. The molecule has 0 radical (unpaired) electrons. The summed E-state index contributed by atoms with van der Waals surface area (Å²) in [5.41, 5.74) is -0.393. The maximum absolute atomic E-state index is 13.0.